The summed E-state index contributed by atoms with van der Waals surface area (Å²) in [6, 6.07) is 0. The fourth-order valence-corrected chi connectivity index (χ4v) is 1.28. The molecule has 0 aromatic heterocycles. The zero-order chi connectivity index (χ0) is 15.7. The Bertz CT molecular complexity index is 312. The van der Waals surface area contributed by atoms with Gasteiger partial charge in [-0.05, 0) is 10.4 Å². The van der Waals surface area contributed by atoms with Crippen LogP contribution in [0.1, 0.15) is 27.7 Å². The second-order valence-corrected chi connectivity index (χ2v) is 4.86. The lowest BCUT2D eigenvalue weighted by Crippen LogP contribution is -2.35. The van der Waals surface area contributed by atoms with Crippen molar-refractivity contribution >= 4 is 11.8 Å². The molecule has 20 heavy (non-hydrogen) atoms. The van der Waals surface area contributed by atoms with Crippen LogP contribution in [0.25, 0.3) is 0 Å². The molecular formula is C12H24N4O4. The Kier molecular flexibility index (Phi) is 8.66. The van der Waals surface area contributed by atoms with Crippen molar-refractivity contribution < 1.29 is 19.8 Å². The molecule has 0 aromatic rings. The second kappa shape index (κ2) is 9.38. The van der Waals surface area contributed by atoms with Gasteiger partial charge in [-0.25, -0.2) is 10.0 Å². The molecule has 0 heterocycles. The Hall–Kier alpha value is -1.54. The fraction of sp³-hybridized carbons (Fsp3) is 0.833. The number of carbonyl (C=O) groups is 2. The van der Waals surface area contributed by atoms with Crippen LogP contribution in [0, 0.1) is 11.8 Å². The van der Waals surface area contributed by atoms with E-state index in [2.05, 4.69) is 10.4 Å². The zero-order valence-electron chi connectivity index (χ0n) is 12.5. The highest BCUT2D eigenvalue weighted by Crippen LogP contribution is 2.06. The molecule has 2 N–H and O–H groups in total. The molecule has 0 rings (SSSR count). The van der Waals surface area contributed by atoms with Gasteiger partial charge in [-0.3, -0.25) is 9.59 Å². The van der Waals surface area contributed by atoms with Crippen LogP contribution in [0.3, 0.4) is 0 Å². The molecule has 0 spiro atoms. The third-order valence-corrected chi connectivity index (χ3v) is 2.38. The quantitative estimate of drug-likeness (QED) is 0.492. The van der Waals surface area contributed by atoms with Crippen molar-refractivity contribution in [2.45, 2.75) is 27.7 Å². The van der Waals surface area contributed by atoms with Crippen LogP contribution in [-0.4, -0.2) is 58.3 Å². The minimum atomic E-state index is -0.302. The van der Waals surface area contributed by atoms with Gasteiger partial charge in [-0.1, -0.05) is 27.7 Å². The summed E-state index contributed by atoms with van der Waals surface area (Å²) in [4.78, 5) is 23.6. The molecule has 2 amide bonds. The third-order valence-electron chi connectivity index (χ3n) is 2.38. The van der Waals surface area contributed by atoms with Crippen molar-refractivity contribution in [2.24, 2.45) is 22.3 Å². The third kappa shape index (κ3) is 6.07. The largest absolute Gasteiger partial charge is 0.394 e. The lowest BCUT2D eigenvalue weighted by atomic mass is 10.2. The number of amides is 2. The normalized spacial score (nSPS) is 11.4. The minimum absolute atomic E-state index is 0.00332. The molecule has 0 unspecified atom stereocenters. The highest BCUT2D eigenvalue weighted by atomic mass is 16.3. The summed E-state index contributed by atoms with van der Waals surface area (Å²) in [5, 5.41) is 27.3. The van der Waals surface area contributed by atoms with Crippen LogP contribution in [0.15, 0.2) is 10.4 Å². The molecule has 0 saturated carbocycles. The monoisotopic (exact) mass is 288 g/mol. The molecule has 0 aliphatic heterocycles. The van der Waals surface area contributed by atoms with Gasteiger partial charge in [0.05, 0.1) is 26.3 Å². The number of aliphatic hydroxyl groups excluding tert-OH is 2. The van der Waals surface area contributed by atoms with Crippen LogP contribution in [0.5, 0.6) is 0 Å². The summed E-state index contributed by atoms with van der Waals surface area (Å²) in [5.74, 6) is -1.20. The van der Waals surface area contributed by atoms with Gasteiger partial charge in [0.2, 0.25) is 11.8 Å². The number of carbonyl (C=O) groups excluding carboxylic acids is 2. The van der Waals surface area contributed by atoms with E-state index in [4.69, 9.17) is 10.2 Å². The SMILES string of the molecule is CC(C)C(=O)N(CCO)N=NN(CCO)C(=O)C(C)C. The van der Waals surface area contributed by atoms with E-state index in [1.807, 2.05) is 0 Å². The van der Waals surface area contributed by atoms with Gasteiger partial charge >= 0.3 is 0 Å². The first kappa shape index (κ1) is 18.5. The van der Waals surface area contributed by atoms with Gasteiger partial charge in [-0.15, -0.1) is 0 Å². The molecular weight excluding hydrogens is 264 g/mol. The van der Waals surface area contributed by atoms with Crippen molar-refractivity contribution in [1.82, 2.24) is 10.0 Å². The van der Waals surface area contributed by atoms with Crippen LogP contribution < -0.4 is 0 Å². The molecule has 0 bridgehead atoms. The highest BCUT2D eigenvalue weighted by Gasteiger charge is 2.19. The maximum atomic E-state index is 11.8. The van der Waals surface area contributed by atoms with Gasteiger partial charge < -0.3 is 10.2 Å². The van der Waals surface area contributed by atoms with Crippen molar-refractivity contribution in [3.05, 3.63) is 0 Å². The maximum absolute atomic E-state index is 11.8. The number of aliphatic hydroxyl groups is 2. The fourth-order valence-electron chi connectivity index (χ4n) is 1.28. The topological polar surface area (TPSA) is 106 Å². The van der Waals surface area contributed by atoms with E-state index in [0.717, 1.165) is 10.0 Å². The van der Waals surface area contributed by atoms with Crippen LogP contribution >= 0.6 is 0 Å². The average molecular weight is 288 g/mol. The Morgan fingerprint density at radius 1 is 0.850 bits per heavy atom. The van der Waals surface area contributed by atoms with Crippen molar-refractivity contribution in [3.63, 3.8) is 0 Å². The summed E-state index contributed by atoms with van der Waals surface area (Å²) in [7, 11) is 0. The molecule has 8 heteroatoms. The van der Waals surface area contributed by atoms with Crippen molar-refractivity contribution in [3.8, 4) is 0 Å². The molecule has 0 fully saturated rings. The smallest absolute Gasteiger partial charge is 0.246 e. The van der Waals surface area contributed by atoms with E-state index in [-0.39, 0.29) is 50.0 Å². The van der Waals surface area contributed by atoms with Crippen LogP contribution in [0.2, 0.25) is 0 Å². The molecule has 116 valence electrons. The van der Waals surface area contributed by atoms with Gasteiger partial charge in [0.1, 0.15) is 0 Å². The molecule has 0 atom stereocenters. The van der Waals surface area contributed by atoms with E-state index in [0.29, 0.717) is 0 Å². The summed E-state index contributed by atoms with van der Waals surface area (Å²) in [6.45, 7) is 6.30. The van der Waals surface area contributed by atoms with Gasteiger partial charge in [0.15, 0.2) is 0 Å². The Labute approximate surface area is 119 Å². The lowest BCUT2D eigenvalue weighted by Gasteiger charge is -2.20. The number of rotatable bonds is 8. The van der Waals surface area contributed by atoms with Gasteiger partial charge in [0.25, 0.3) is 0 Å². The predicted octanol–water partition coefficient (Wildman–Crippen LogP) is 0.222. The molecule has 0 aliphatic carbocycles. The van der Waals surface area contributed by atoms with Crippen LogP contribution in [0.4, 0.5) is 0 Å². The molecule has 0 radical (unpaired) electrons. The first-order chi connectivity index (χ1) is 9.34. The molecule has 0 aliphatic rings. The first-order valence-corrected chi connectivity index (χ1v) is 6.61. The number of hydrogen-bond donors (Lipinski definition) is 2. The lowest BCUT2D eigenvalue weighted by molar-refractivity contribution is -0.139. The van der Waals surface area contributed by atoms with Gasteiger partial charge in [0, 0.05) is 11.8 Å². The standard InChI is InChI=1S/C12H24N4O4/c1-9(2)11(19)15(5-7-17)13-14-16(6-8-18)12(20)10(3)4/h9-10,17-18H,5-8H2,1-4H3. The molecule has 8 nitrogen and oxygen atoms in total. The average Bonchev–Trinajstić information content (AvgIpc) is 2.39. The summed E-state index contributed by atoms with van der Waals surface area (Å²) < 4.78 is 0. The zero-order valence-corrected chi connectivity index (χ0v) is 12.5. The molecule has 0 saturated heterocycles. The van der Waals surface area contributed by atoms with E-state index >= 15 is 0 Å². The van der Waals surface area contributed by atoms with E-state index in [1.54, 1.807) is 27.7 Å². The Morgan fingerprint density at radius 2 is 1.15 bits per heavy atom. The predicted molar refractivity (Wildman–Crippen MR) is 72.1 cm³/mol. The maximum Gasteiger partial charge on any atom is 0.246 e. The molecule has 0 aromatic carbocycles. The Morgan fingerprint density at radius 3 is 1.35 bits per heavy atom. The second-order valence-electron chi connectivity index (χ2n) is 4.86. The highest BCUT2D eigenvalue weighted by molar-refractivity contribution is 5.78. The van der Waals surface area contributed by atoms with E-state index in [9.17, 15) is 9.59 Å². The van der Waals surface area contributed by atoms with Crippen LogP contribution in [-0.2, 0) is 9.59 Å². The van der Waals surface area contributed by atoms with Crippen molar-refractivity contribution in [2.75, 3.05) is 26.3 Å². The minimum Gasteiger partial charge on any atom is -0.394 e. The summed E-state index contributed by atoms with van der Waals surface area (Å²) in [6.07, 6.45) is 0. The number of nitrogens with zero attached hydrogens (tertiary/aromatic N) is 4. The van der Waals surface area contributed by atoms with E-state index in [1.165, 1.54) is 0 Å². The van der Waals surface area contributed by atoms with E-state index < -0.39 is 0 Å². The van der Waals surface area contributed by atoms with Crippen molar-refractivity contribution in [1.29, 1.82) is 0 Å². The Balaban J connectivity index is 4.94. The summed E-state index contributed by atoms with van der Waals surface area (Å²) in [5.41, 5.74) is 0. The summed E-state index contributed by atoms with van der Waals surface area (Å²) >= 11 is 0. The van der Waals surface area contributed by atoms with Gasteiger partial charge in [-0.2, -0.15) is 0 Å². The first-order valence-electron chi connectivity index (χ1n) is 6.61. The number of hydrogen-bond acceptors (Lipinski definition) is 6.